The molecule has 0 aliphatic carbocycles. The molecule has 1 rings (SSSR count). The lowest BCUT2D eigenvalue weighted by atomic mass is 9.82. The van der Waals surface area contributed by atoms with E-state index in [1.165, 1.54) is 141 Å². The first-order valence-corrected chi connectivity index (χ1v) is 20.5. The number of rotatable bonds is 32. The number of aliphatic carboxylic acids is 1. The molecule has 0 amide bonds. The Hall–Kier alpha value is -1.10. The van der Waals surface area contributed by atoms with E-state index in [9.17, 15) is 14.7 Å². The fourth-order valence-electron chi connectivity index (χ4n) is 7.62. The number of carbonyl (C=O) groups is 2. The Balaban J connectivity index is 2.28. The summed E-state index contributed by atoms with van der Waals surface area (Å²) in [6.07, 6.45) is 35.3. The number of unbranched alkanes of at least 4 members (excludes halogenated alkanes) is 16. The molecular formula is C41H79NO4. The first-order valence-electron chi connectivity index (χ1n) is 20.5. The summed E-state index contributed by atoms with van der Waals surface area (Å²) < 4.78 is 5.64. The van der Waals surface area contributed by atoms with Crippen LogP contribution >= 0.6 is 0 Å². The van der Waals surface area contributed by atoms with Crippen molar-refractivity contribution in [3.63, 3.8) is 0 Å². The summed E-state index contributed by atoms with van der Waals surface area (Å²) in [7, 11) is 2.20. The lowest BCUT2D eigenvalue weighted by Crippen LogP contribution is -2.42. The van der Waals surface area contributed by atoms with Crippen LogP contribution in [0.5, 0.6) is 0 Å². The molecule has 1 heterocycles. The first kappa shape index (κ1) is 42.9. The van der Waals surface area contributed by atoms with Crippen LogP contribution < -0.4 is 0 Å². The second-order valence-corrected chi connectivity index (χ2v) is 15.1. The van der Waals surface area contributed by atoms with Crippen molar-refractivity contribution in [1.29, 1.82) is 0 Å². The zero-order valence-corrected chi connectivity index (χ0v) is 31.3. The number of ether oxygens (including phenoxy) is 1. The lowest BCUT2D eigenvalue weighted by Gasteiger charge is -2.37. The third-order valence-corrected chi connectivity index (χ3v) is 10.9. The molecule has 1 aliphatic heterocycles. The Morgan fingerprint density at radius 1 is 0.652 bits per heavy atom. The van der Waals surface area contributed by atoms with Gasteiger partial charge in [-0.1, -0.05) is 168 Å². The first-order chi connectivity index (χ1) is 22.4. The second-order valence-electron chi connectivity index (χ2n) is 15.1. The number of nitrogens with zero attached hydrogens (tertiary/aromatic N) is 1. The van der Waals surface area contributed by atoms with Crippen LogP contribution in [0.4, 0.5) is 0 Å². The summed E-state index contributed by atoms with van der Waals surface area (Å²) in [6, 6.07) is 0.418. The number of piperidine rings is 1. The summed E-state index contributed by atoms with van der Waals surface area (Å²) >= 11 is 0. The molecular weight excluding hydrogens is 570 g/mol. The molecule has 0 aromatic rings. The smallest absolute Gasteiger partial charge is 0.306 e. The van der Waals surface area contributed by atoms with Gasteiger partial charge in [0.25, 0.3) is 0 Å². The van der Waals surface area contributed by atoms with E-state index in [-0.39, 0.29) is 11.9 Å². The van der Waals surface area contributed by atoms with Gasteiger partial charge in [0.1, 0.15) is 0 Å². The maximum absolute atomic E-state index is 12.3. The largest absolute Gasteiger partial charge is 0.481 e. The van der Waals surface area contributed by atoms with Crippen molar-refractivity contribution in [3.8, 4) is 0 Å². The van der Waals surface area contributed by atoms with E-state index in [1.54, 1.807) is 0 Å². The van der Waals surface area contributed by atoms with Gasteiger partial charge >= 0.3 is 11.9 Å². The molecule has 0 saturated carbocycles. The van der Waals surface area contributed by atoms with E-state index in [4.69, 9.17) is 4.74 Å². The monoisotopic (exact) mass is 650 g/mol. The summed E-state index contributed by atoms with van der Waals surface area (Å²) in [4.78, 5) is 26.5. The third kappa shape index (κ3) is 23.3. The van der Waals surface area contributed by atoms with Crippen LogP contribution in [-0.4, -0.2) is 48.2 Å². The fraction of sp³-hybridized carbons (Fsp3) is 0.951. The zero-order valence-electron chi connectivity index (χ0n) is 31.3. The van der Waals surface area contributed by atoms with E-state index < -0.39 is 5.97 Å². The van der Waals surface area contributed by atoms with E-state index in [0.29, 0.717) is 25.0 Å². The van der Waals surface area contributed by atoms with Gasteiger partial charge in [0.05, 0.1) is 12.5 Å². The summed E-state index contributed by atoms with van der Waals surface area (Å²) in [5.74, 6) is 0.673. The standard InChI is InChI=1S/C41H79NO4/c1-5-8-11-12-13-14-17-22-27-37(34-39-35-38(41(44)45)30-32-42(39)4)28-23-18-15-16-19-24-29-40(43)46-33-31-36(25-20-9-6-2)26-21-10-7-3/h36-39H,5-35H2,1-4H3,(H,44,45). The van der Waals surface area contributed by atoms with Crippen LogP contribution in [0.15, 0.2) is 0 Å². The molecule has 1 fully saturated rings. The average molecular weight is 650 g/mol. The molecule has 1 N–H and O–H groups in total. The topological polar surface area (TPSA) is 66.8 Å². The molecule has 0 bridgehead atoms. The molecule has 46 heavy (non-hydrogen) atoms. The number of carboxylic acid groups (broad SMARTS) is 1. The minimum atomic E-state index is -0.602. The third-order valence-electron chi connectivity index (χ3n) is 10.9. The van der Waals surface area contributed by atoms with E-state index in [2.05, 4.69) is 32.7 Å². The van der Waals surface area contributed by atoms with Crippen molar-refractivity contribution >= 4 is 11.9 Å². The number of likely N-dealkylation sites (tertiary alicyclic amines) is 1. The van der Waals surface area contributed by atoms with Gasteiger partial charge in [0.15, 0.2) is 0 Å². The number of hydrogen-bond acceptors (Lipinski definition) is 4. The molecule has 1 aliphatic rings. The minimum absolute atomic E-state index is 0.00230. The number of esters is 1. The highest BCUT2D eigenvalue weighted by Crippen LogP contribution is 2.31. The van der Waals surface area contributed by atoms with Crippen LogP contribution in [0.2, 0.25) is 0 Å². The van der Waals surface area contributed by atoms with Gasteiger partial charge in [-0.3, -0.25) is 9.59 Å². The minimum Gasteiger partial charge on any atom is -0.481 e. The highest BCUT2D eigenvalue weighted by atomic mass is 16.5. The average Bonchev–Trinajstić information content (AvgIpc) is 3.04. The van der Waals surface area contributed by atoms with Gasteiger partial charge in [0.2, 0.25) is 0 Å². The van der Waals surface area contributed by atoms with E-state index >= 15 is 0 Å². The number of carboxylic acids is 1. The Morgan fingerprint density at radius 3 is 1.65 bits per heavy atom. The Kier molecular flexibility index (Phi) is 28.0. The predicted molar refractivity (Wildman–Crippen MR) is 196 cm³/mol. The predicted octanol–water partition coefficient (Wildman–Crippen LogP) is 12.1. The fourth-order valence-corrected chi connectivity index (χ4v) is 7.62. The van der Waals surface area contributed by atoms with Crippen LogP contribution in [0, 0.1) is 17.8 Å². The van der Waals surface area contributed by atoms with Gasteiger partial charge < -0.3 is 14.7 Å². The quantitative estimate of drug-likeness (QED) is 0.0580. The Bertz CT molecular complexity index is 703. The molecule has 0 aromatic carbocycles. The summed E-state index contributed by atoms with van der Waals surface area (Å²) in [5.41, 5.74) is 0. The molecule has 0 spiro atoms. The van der Waals surface area contributed by atoms with Crippen LogP contribution in [-0.2, 0) is 14.3 Å². The molecule has 0 radical (unpaired) electrons. The highest BCUT2D eigenvalue weighted by Gasteiger charge is 2.31. The normalized spacial score (nSPS) is 17.8. The second kappa shape index (κ2) is 30.0. The van der Waals surface area contributed by atoms with E-state index in [0.717, 1.165) is 51.0 Å². The van der Waals surface area contributed by atoms with Crippen LogP contribution in [0.3, 0.4) is 0 Å². The van der Waals surface area contributed by atoms with Crippen molar-refractivity contribution in [3.05, 3.63) is 0 Å². The van der Waals surface area contributed by atoms with Crippen LogP contribution in [0.1, 0.15) is 207 Å². The van der Waals surface area contributed by atoms with Crippen molar-refractivity contribution in [2.45, 2.75) is 213 Å². The molecule has 3 unspecified atom stereocenters. The molecule has 1 saturated heterocycles. The van der Waals surface area contributed by atoms with Gasteiger partial charge in [-0.25, -0.2) is 0 Å². The zero-order chi connectivity index (χ0) is 33.7. The molecule has 272 valence electrons. The van der Waals surface area contributed by atoms with Crippen molar-refractivity contribution in [2.24, 2.45) is 17.8 Å². The summed E-state index contributed by atoms with van der Waals surface area (Å²) in [6.45, 7) is 8.33. The molecule has 3 atom stereocenters. The van der Waals surface area contributed by atoms with Crippen LogP contribution in [0.25, 0.3) is 0 Å². The number of hydrogen-bond donors (Lipinski definition) is 1. The SMILES string of the molecule is CCCCCCCCCCC(CCCCCCCCC(=O)OCCC(CCCCC)CCCCC)CC1CC(C(=O)O)CCN1C. The highest BCUT2D eigenvalue weighted by molar-refractivity contribution is 5.70. The van der Waals surface area contributed by atoms with Gasteiger partial charge in [-0.15, -0.1) is 0 Å². The Morgan fingerprint density at radius 2 is 1.11 bits per heavy atom. The van der Waals surface area contributed by atoms with E-state index in [1.807, 2.05) is 0 Å². The lowest BCUT2D eigenvalue weighted by molar-refractivity contribution is -0.145. The maximum atomic E-state index is 12.3. The summed E-state index contributed by atoms with van der Waals surface area (Å²) in [5, 5.41) is 9.63. The van der Waals surface area contributed by atoms with Gasteiger partial charge in [-0.2, -0.15) is 0 Å². The van der Waals surface area contributed by atoms with Crippen molar-refractivity contribution in [1.82, 2.24) is 4.90 Å². The molecule has 0 aromatic heterocycles. The molecule has 5 heteroatoms. The van der Waals surface area contributed by atoms with Crippen molar-refractivity contribution in [2.75, 3.05) is 20.2 Å². The van der Waals surface area contributed by atoms with Crippen molar-refractivity contribution < 1.29 is 19.4 Å². The maximum Gasteiger partial charge on any atom is 0.306 e. The van der Waals surface area contributed by atoms with Gasteiger partial charge in [0, 0.05) is 12.5 Å². The van der Waals surface area contributed by atoms with Gasteiger partial charge in [-0.05, 0) is 57.5 Å². The Labute approximate surface area is 286 Å². The molecule has 5 nitrogen and oxygen atoms in total. The number of carbonyl (C=O) groups excluding carboxylic acids is 1.